The molecule has 0 aliphatic carbocycles. The van der Waals surface area contributed by atoms with Crippen molar-refractivity contribution in [3.05, 3.63) is 37.9 Å². The summed E-state index contributed by atoms with van der Waals surface area (Å²) < 4.78 is 0. The maximum atomic E-state index is 12.6. The van der Waals surface area contributed by atoms with E-state index in [2.05, 4.69) is 5.32 Å². The number of rotatable bonds is 12. The predicted molar refractivity (Wildman–Crippen MR) is 105 cm³/mol. The molecule has 1 amide bonds. The second kappa shape index (κ2) is 11.1. The Hall–Kier alpha value is -2.25. The van der Waals surface area contributed by atoms with Crippen molar-refractivity contribution in [2.24, 2.45) is 0 Å². The van der Waals surface area contributed by atoms with Crippen LogP contribution < -0.4 is 10.2 Å². The van der Waals surface area contributed by atoms with Crippen LogP contribution in [0.2, 0.25) is 0 Å². The Kier molecular flexibility index (Phi) is 9.46. The maximum Gasteiger partial charge on any atom is 0.299 e. The van der Waals surface area contributed by atoms with Crippen molar-refractivity contribution < 1.29 is 30.0 Å². The molecule has 1 aromatic rings. The fraction of sp³-hybridized carbons (Fsp3) is 0.533. The lowest BCUT2D eigenvalue weighted by molar-refractivity contribution is -0.393. The normalized spacial score (nSPS) is 11.2. The van der Waals surface area contributed by atoms with Gasteiger partial charge in [0.25, 0.3) is 17.3 Å². The fourth-order valence-electron chi connectivity index (χ4n) is 2.43. The third-order valence-corrected chi connectivity index (χ3v) is 4.41. The van der Waals surface area contributed by atoms with Crippen molar-refractivity contribution in [3.8, 4) is 0 Å². The van der Waals surface area contributed by atoms with Crippen molar-refractivity contribution in [2.45, 2.75) is 5.54 Å². The summed E-state index contributed by atoms with van der Waals surface area (Å²) in [7, 11) is 0. The van der Waals surface area contributed by atoms with Gasteiger partial charge in [-0.1, -0.05) is 0 Å². The van der Waals surface area contributed by atoms with Gasteiger partial charge in [0, 0.05) is 24.8 Å². The molecular formula is C15H20Cl2N4O8. The molecule has 0 radical (unpaired) electrons. The second-order valence-corrected chi connectivity index (χ2v) is 6.70. The van der Waals surface area contributed by atoms with Crippen LogP contribution in [0.5, 0.6) is 0 Å². The minimum atomic E-state index is -1.85. The SMILES string of the molecule is O=C(NC(CO)(CO)CO)c1cc(N(CCCl)CCCl)c([N+](=O)[O-])cc1[N+](=O)[O-]. The van der Waals surface area contributed by atoms with Crippen LogP contribution in [0.4, 0.5) is 17.1 Å². The van der Waals surface area contributed by atoms with E-state index in [1.165, 1.54) is 4.90 Å². The van der Waals surface area contributed by atoms with E-state index in [4.69, 9.17) is 23.2 Å². The molecule has 0 spiro atoms. The first-order chi connectivity index (χ1) is 13.7. The summed E-state index contributed by atoms with van der Waals surface area (Å²) in [5.41, 5.74) is -4.02. The summed E-state index contributed by atoms with van der Waals surface area (Å²) in [4.78, 5) is 35.1. The number of nitro benzene ring substituents is 2. The van der Waals surface area contributed by atoms with Gasteiger partial charge in [0.1, 0.15) is 16.8 Å². The van der Waals surface area contributed by atoms with Gasteiger partial charge in [0.2, 0.25) is 0 Å². The van der Waals surface area contributed by atoms with Crippen molar-refractivity contribution in [2.75, 3.05) is 49.6 Å². The number of aliphatic hydroxyl groups is 3. The first-order valence-electron chi connectivity index (χ1n) is 8.19. The van der Waals surface area contributed by atoms with Crippen molar-refractivity contribution in [3.63, 3.8) is 0 Å². The lowest BCUT2D eigenvalue weighted by Crippen LogP contribution is -2.57. The molecular weight excluding hydrogens is 435 g/mol. The summed E-state index contributed by atoms with van der Waals surface area (Å²) >= 11 is 11.4. The zero-order valence-electron chi connectivity index (χ0n) is 15.1. The average molecular weight is 455 g/mol. The highest BCUT2D eigenvalue weighted by molar-refractivity contribution is 6.18. The van der Waals surface area contributed by atoms with Crippen LogP contribution >= 0.6 is 23.2 Å². The lowest BCUT2D eigenvalue weighted by atomic mass is 10.0. The minimum absolute atomic E-state index is 0.0647. The molecule has 0 fully saturated rings. The van der Waals surface area contributed by atoms with Crippen molar-refractivity contribution >= 4 is 46.2 Å². The van der Waals surface area contributed by atoms with Crippen LogP contribution in [0.3, 0.4) is 0 Å². The standard InChI is InChI=1S/C15H20Cl2N4O8/c16-1-3-19(4-2-17)12-5-10(11(20(26)27)6-13(12)21(28)29)14(25)18-15(7-22,8-23)9-24/h5-6,22-24H,1-4,7-9H2,(H,18,25). The molecule has 0 heterocycles. The Labute approximate surface area is 174 Å². The van der Waals surface area contributed by atoms with Crippen LogP contribution in [0, 0.1) is 20.2 Å². The van der Waals surface area contributed by atoms with Gasteiger partial charge in [-0.15, -0.1) is 23.2 Å². The second-order valence-electron chi connectivity index (χ2n) is 5.95. The first-order valence-corrected chi connectivity index (χ1v) is 9.26. The van der Waals surface area contributed by atoms with E-state index >= 15 is 0 Å². The summed E-state index contributed by atoms with van der Waals surface area (Å²) in [6.45, 7) is -2.35. The van der Waals surface area contributed by atoms with Gasteiger partial charge in [0.15, 0.2) is 0 Å². The Morgan fingerprint density at radius 1 is 1.00 bits per heavy atom. The number of nitrogens with zero attached hydrogens (tertiary/aromatic N) is 3. The minimum Gasteiger partial charge on any atom is -0.394 e. The van der Waals surface area contributed by atoms with E-state index in [1.807, 2.05) is 0 Å². The number of halogens is 2. The molecule has 0 bridgehead atoms. The number of nitrogens with one attached hydrogen (secondary N) is 1. The number of nitro groups is 2. The molecule has 0 saturated heterocycles. The molecule has 0 aromatic heterocycles. The number of hydrogen-bond acceptors (Lipinski definition) is 9. The van der Waals surface area contributed by atoms with E-state index in [9.17, 15) is 40.3 Å². The third kappa shape index (κ3) is 5.87. The zero-order chi connectivity index (χ0) is 22.2. The number of anilines is 1. The maximum absolute atomic E-state index is 12.6. The number of amides is 1. The highest BCUT2D eigenvalue weighted by Crippen LogP contribution is 2.35. The van der Waals surface area contributed by atoms with Crippen molar-refractivity contribution in [1.29, 1.82) is 0 Å². The van der Waals surface area contributed by atoms with Gasteiger partial charge in [-0.3, -0.25) is 25.0 Å². The number of aliphatic hydroxyl groups excluding tert-OH is 3. The van der Waals surface area contributed by atoms with E-state index in [1.54, 1.807) is 0 Å². The van der Waals surface area contributed by atoms with Crippen LogP contribution in [-0.4, -0.2) is 81.3 Å². The summed E-state index contributed by atoms with van der Waals surface area (Å²) in [5.74, 6) is -0.994. The Morgan fingerprint density at radius 2 is 1.48 bits per heavy atom. The molecule has 0 saturated carbocycles. The summed E-state index contributed by atoms with van der Waals surface area (Å²) in [6.07, 6.45) is 0. The highest BCUT2D eigenvalue weighted by Gasteiger charge is 2.35. The lowest BCUT2D eigenvalue weighted by Gasteiger charge is -2.29. The highest BCUT2D eigenvalue weighted by atomic mass is 35.5. The fourth-order valence-corrected chi connectivity index (χ4v) is 2.84. The molecule has 1 rings (SSSR count). The molecule has 0 aliphatic heterocycles. The van der Waals surface area contributed by atoms with Gasteiger partial charge < -0.3 is 25.5 Å². The topological polar surface area (TPSA) is 179 Å². The van der Waals surface area contributed by atoms with Crippen LogP contribution in [0.25, 0.3) is 0 Å². The molecule has 0 atom stereocenters. The van der Waals surface area contributed by atoms with E-state index in [0.29, 0.717) is 6.07 Å². The molecule has 29 heavy (non-hydrogen) atoms. The quantitative estimate of drug-likeness (QED) is 0.195. The number of carbonyl (C=O) groups is 1. The molecule has 4 N–H and O–H groups in total. The molecule has 12 nitrogen and oxygen atoms in total. The zero-order valence-corrected chi connectivity index (χ0v) is 16.6. The first kappa shape index (κ1) is 24.8. The van der Waals surface area contributed by atoms with Crippen LogP contribution in [0.15, 0.2) is 12.1 Å². The Morgan fingerprint density at radius 3 is 1.86 bits per heavy atom. The monoisotopic (exact) mass is 454 g/mol. The third-order valence-electron chi connectivity index (χ3n) is 4.07. The van der Waals surface area contributed by atoms with Crippen molar-refractivity contribution in [1.82, 2.24) is 5.32 Å². The summed E-state index contributed by atoms with van der Waals surface area (Å²) in [5, 5.41) is 53.1. The molecule has 1 aromatic carbocycles. The van der Waals surface area contributed by atoms with Gasteiger partial charge in [-0.2, -0.15) is 0 Å². The largest absolute Gasteiger partial charge is 0.394 e. The number of alkyl halides is 2. The van der Waals surface area contributed by atoms with Gasteiger partial charge in [0.05, 0.1) is 35.7 Å². The molecule has 14 heteroatoms. The summed E-state index contributed by atoms with van der Waals surface area (Å²) in [6, 6.07) is 1.58. The number of benzene rings is 1. The van der Waals surface area contributed by atoms with E-state index in [-0.39, 0.29) is 30.5 Å². The van der Waals surface area contributed by atoms with Crippen LogP contribution in [-0.2, 0) is 0 Å². The van der Waals surface area contributed by atoms with Gasteiger partial charge in [-0.25, -0.2) is 0 Å². The average Bonchev–Trinajstić information content (AvgIpc) is 2.70. The number of carbonyl (C=O) groups excluding carboxylic acids is 1. The molecule has 0 unspecified atom stereocenters. The Bertz CT molecular complexity index is 746. The van der Waals surface area contributed by atoms with Gasteiger partial charge in [-0.05, 0) is 6.07 Å². The predicted octanol–water partition coefficient (Wildman–Crippen LogP) is 0.233. The Balaban J connectivity index is 3.63. The molecule has 162 valence electrons. The van der Waals surface area contributed by atoms with Crippen LogP contribution in [0.1, 0.15) is 10.4 Å². The van der Waals surface area contributed by atoms with Gasteiger partial charge >= 0.3 is 0 Å². The molecule has 0 aliphatic rings. The van der Waals surface area contributed by atoms with E-state index < -0.39 is 58.1 Å². The van der Waals surface area contributed by atoms with E-state index in [0.717, 1.165) is 6.07 Å². The smallest absolute Gasteiger partial charge is 0.299 e. The number of hydrogen-bond donors (Lipinski definition) is 4.